The van der Waals surface area contributed by atoms with Gasteiger partial charge < -0.3 is 9.84 Å². The van der Waals surface area contributed by atoms with Gasteiger partial charge in [0.1, 0.15) is 5.82 Å². The van der Waals surface area contributed by atoms with E-state index in [-0.39, 0.29) is 24.6 Å². The van der Waals surface area contributed by atoms with Crippen LogP contribution in [-0.2, 0) is 9.53 Å². The monoisotopic (exact) mass is 254 g/mol. The van der Waals surface area contributed by atoms with Crippen molar-refractivity contribution in [2.24, 2.45) is 0 Å². The van der Waals surface area contributed by atoms with Crippen LogP contribution in [0.4, 0.5) is 4.39 Å². The summed E-state index contributed by atoms with van der Waals surface area (Å²) in [5.74, 6) is -0.677. The van der Waals surface area contributed by atoms with Crippen molar-refractivity contribution in [3.05, 3.63) is 35.1 Å². The molecule has 100 valence electrons. The molecule has 0 aromatic heterocycles. The number of aliphatic hydroxyl groups excluding tert-OH is 1. The van der Waals surface area contributed by atoms with E-state index in [2.05, 4.69) is 0 Å². The van der Waals surface area contributed by atoms with Crippen LogP contribution in [0, 0.1) is 12.7 Å². The minimum absolute atomic E-state index is 0.136. The molecule has 0 aliphatic carbocycles. The molecule has 0 aliphatic heterocycles. The minimum Gasteiger partial charge on any atom is -0.466 e. The van der Waals surface area contributed by atoms with E-state index in [0.29, 0.717) is 17.7 Å². The highest BCUT2D eigenvalue weighted by Crippen LogP contribution is 2.20. The highest BCUT2D eigenvalue weighted by Gasteiger charge is 2.12. The summed E-state index contributed by atoms with van der Waals surface area (Å²) in [6, 6.07) is 4.58. The van der Waals surface area contributed by atoms with Crippen molar-refractivity contribution in [1.29, 1.82) is 0 Å². The second kappa shape index (κ2) is 7.11. The Balaban J connectivity index is 2.47. The van der Waals surface area contributed by atoms with E-state index in [1.807, 2.05) is 6.92 Å². The molecule has 3 nitrogen and oxygen atoms in total. The average Bonchev–Trinajstić information content (AvgIpc) is 2.36. The average molecular weight is 254 g/mol. The molecule has 0 spiro atoms. The molecule has 1 aromatic carbocycles. The summed E-state index contributed by atoms with van der Waals surface area (Å²) in [4.78, 5) is 11.3. The molecule has 1 N–H and O–H groups in total. The molecule has 0 radical (unpaired) electrons. The summed E-state index contributed by atoms with van der Waals surface area (Å²) in [7, 11) is 0. The predicted molar refractivity (Wildman–Crippen MR) is 66.6 cm³/mol. The topological polar surface area (TPSA) is 46.5 Å². The third-order valence-electron chi connectivity index (χ3n) is 2.67. The van der Waals surface area contributed by atoms with E-state index in [9.17, 15) is 14.3 Å². The number of aliphatic hydroxyl groups is 1. The molecule has 1 unspecified atom stereocenters. The molecule has 0 amide bonds. The number of benzene rings is 1. The van der Waals surface area contributed by atoms with Gasteiger partial charge in [-0.2, -0.15) is 0 Å². The Morgan fingerprint density at radius 3 is 2.83 bits per heavy atom. The number of carbonyl (C=O) groups excluding carboxylic acids is 1. The fourth-order valence-electron chi connectivity index (χ4n) is 1.53. The van der Waals surface area contributed by atoms with Crippen molar-refractivity contribution in [3.8, 4) is 0 Å². The van der Waals surface area contributed by atoms with Gasteiger partial charge in [-0.15, -0.1) is 0 Å². The first-order chi connectivity index (χ1) is 8.54. The van der Waals surface area contributed by atoms with Crippen LogP contribution in [0.2, 0.25) is 0 Å². The summed E-state index contributed by atoms with van der Waals surface area (Å²) in [5.41, 5.74) is 1.02. The first kappa shape index (κ1) is 14.6. The van der Waals surface area contributed by atoms with Gasteiger partial charge in [0.05, 0.1) is 12.7 Å². The molecule has 1 atom stereocenters. The number of rotatable bonds is 6. The zero-order chi connectivity index (χ0) is 13.5. The number of halogens is 1. The van der Waals surface area contributed by atoms with Gasteiger partial charge in [-0.3, -0.25) is 4.79 Å². The Labute approximate surface area is 107 Å². The molecule has 18 heavy (non-hydrogen) atoms. The molecular weight excluding hydrogens is 235 g/mol. The molecule has 1 aromatic rings. The molecule has 0 aliphatic rings. The Hall–Kier alpha value is -1.42. The lowest BCUT2D eigenvalue weighted by Gasteiger charge is -2.11. The fraction of sp³-hybridized carbons (Fsp3) is 0.500. The maximum Gasteiger partial charge on any atom is 0.305 e. The summed E-state index contributed by atoms with van der Waals surface area (Å²) in [5, 5.41) is 9.84. The van der Waals surface area contributed by atoms with Crippen molar-refractivity contribution in [1.82, 2.24) is 0 Å². The maximum absolute atomic E-state index is 13.3. The van der Waals surface area contributed by atoms with Gasteiger partial charge in [-0.1, -0.05) is 19.1 Å². The van der Waals surface area contributed by atoms with Crippen LogP contribution >= 0.6 is 0 Å². The molecule has 4 heteroatoms. The maximum atomic E-state index is 13.3. The van der Waals surface area contributed by atoms with E-state index in [0.717, 1.165) is 6.42 Å². The van der Waals surface area contributed by atoms with Crippen LogP contribution in [0.15, 0.2) is 18.2 Å². The van der Waals surface area contributed by atoms with Crippen molar-refractivity contribution >= 4 is 5.97 Å². The SMILES string of the molecule is CCCOC(=O)CCC(O)c1ccc(C)c(F)c1. The Bertz CT molecular complexity index is 404. The van der Waals surface area contributed by atoms with E-state index in [4.69, 9.17) is 4.74 Å². The van der Waals surface area contributed by atoms with E-state index < -0.39 is 6.10 Å². The number of aryl methyl sites for hydroxylation is 1. The molecular formula is C14H19FO3. The second-order valence-electron chi connectivity index (χ2n) is 4.28. The summed E-state index contributed by atoms with van der Waals surface area (Å²) in [6.45, 7) is 3.97. The largest absolute Gasteiger partial charge is 0.466 e. The fourth-order valence-corrected chi connectivity index (χ4v) is 1.53. The minimum atomic E-state index is -0.839. The number of hydrogen-bond acceptors (Lipinski definition) is 3. The van der Waals surface area contributed by atoms with Crippen LogP contribution in [0.5, 0.6) is 0 Å². The lowest BCUT2D eigenvalue weighted by molar-refractivity contribution is -0.144. The van der Waals surface area contributed by atoms with Crippen LogP contribution in [-0.4, -0.2) is 17.7 Å². The molecule has 0 saturated heterocycles. The lowest BCUT2D eigenvalue weighted by atomic mass is 10.0. The van der Waals surface area contributed by atoms with Crippen LogP contribution in [0.25, 0.3) is 0 Å². The van der Waals surface area contributed by atoms with Crippen molar-refractivity contribution in [3.63, 3.8) is 0 Å². The Morgan fingerprint density at radius 1 is 1.50 bits per heavy atom. The molecule has 0 heterocycles. The number of hydrogen-bond donors (Lipinski definition) is 1. The first-order valence-corrected chi connectivity index (χ1v) is 6.14. The standard InChI is InChI=1S/C14H19FO3/c1-3-8-18-14(17)7-6-13(16)11-5-4-10(2)12(15)9-11/h4-5,9,13,16H,3,6-8H2,1-2H3. The molecule has 0 bridgehead atoms. The predicted octanol–water partition coefficient (Wildman–Crippen LogP) is 2.90. The highest BCUT2D eigenvalue weighted by atomic mass is 19.1. The molecule has 0 saturated carbocycles. The molecule has 0 fully saturated rings. The Kier molecular flexibility index (Phi) is 5.78. The highest BCUT2D eigenvalue weighted by molar-refractivity contribution is 5.69. The summed E-state index contributed by atoms with van der Waals surface area (Å²) < 4.78 is 18.2. The Morgan fingerprint density at radius 2 is 2.22 bits per heavy atom. The van der Waals surface area contributed by atoms with Crippen LogP contribution in [0.3, 0.4) is 0 Å². The number of ether oxygens (including phenoxy) is 1. The van der Waals surface area contributed by atoms with Crippen LogP contribution in [0.1, 0.15) is 43.4 Å². The van der Waals surface area contributed by atoms with Gasteiger partial charge in [-0.25, -0.2) is 4.39 Å². The van der Waals surface area contributed by atoms with Gasteiger partial charge >= 0.3 is 5.97 Å². The lowest BCUT2D eigenvalue weighted by Crippen LogP contribution is -2.08. The van der Waals surface area contributed by atoms with Crippen LogP contribution < -0.4 is 0 Å². The normalized spacial score (nSPS) is 12.2. The number of carbonyl (C=O) groups is 1. The quantitative estimate of drug-likeness (QED) is 0.794. The zero-order valence-corrected chi connectivity index (χ0v) is 10.8. The smallest absolute Gasteiger partial charge is 0.305 e. The summed E-state index contributed by atoms with van der Waals surface area (Å²) >= 11 is 0. The van der Waals surface area contributed by atoms with Crippen molar-refractivity contribution < 1.29 is 19.0 Å². The van der Waals surface area contributed by atoms with E-state index in [1.165, 1.54) is 6.07 Å². The third-order valence-corrected chi connectivity index (χ3v) is 2.67. The molecule has 1 rings (SSSR count). The van der Waals surface area contributed by atoms with Gasteiger partial charge in [0.2, 0.25) is 0 Å². The van der Waals surface area contributed by atoms with E-state index in [1.54, 1.807) is 19.1 Å². The number of esters is 1. The first-order valence-electron chi connectivity index (χ1n) is 6.14. The van der Waals surface area contributed by atoms with Gasteiger partial charge in [0.25, 0.3) is 0 Å². The zero-order valence-electron chi connectivity index (χ0n) is 10.8. The third kappa shape index (κ3) is 4.45. The van der Waals surface area contributed by atoms with Crippen molar-refractivity contribution in [2.45, 2.75) is 39.2 Å². The summed E-state index contributed by atoms with van der Waals surface area (Å²) in [6.07, 6.45) is 0.313. The van der Waals surface area contributed by atoms with Gasteiger partial charge in [0, 0.05) is 6.42 Å². The van der Waals surface area contributed by atoms with Gasteiger partial charge in [0.15, 0.2) is 0 Å². The second-order valence-corrected chi connectivity index (χ2v) is 4.28. The van der Waals surface area contributed by atoms with Crippen molar-refractivity contribution in [2.75, 3.05) is 6.61 Å². The van der Waals surface area contributed by atoms with E-state index >= 15 is 0 Å². The van der Waals surface area contributed by atoms with Gasteiger partial charge in [-0.05, 0) is 37.0 Å².